The molecule has 1 aromatic carbocycles. The largest absolute Gasteiger partial charge is 0.343 e. The lowest BCUT2D eigenvalue weighted by Gasteiger charge is -2.06. The summed E-state index contributed by atoms with van der Waals surface area (Å²) in [4.78, 5) is 27.4. The molecular weight excluding hydrogens is 286 g/mol. The van der Waals surface area contributed by atoms with Crippen molar-refractivity contribution >= 4 is 40.3 Å². The minimum atomic E-state index is -0.335. The molecule has 0 aliphatic carbocycles. The van der Waals surface area contributed by atoms with E-state index in [9.17, 15) is 9.59 Å². The Bertz CT molecular complexity index is 533. The summed E-state index contributed by atoms with van der Waals surface area (Å²) in [7, 11) is 0. The number of carbonyl (C=O) groups is 2. The molecule has 2 amide bonds. The first-order chi connectivity index (χ1) is 9.15. The summed E-state index contributed by atoms with van der Waals surface area (Å²) in [6.45, 7) is 0.625. The third kappa shape index (κ3) is 4.25. The molecule has 0 spiro atoms. The van der Waals surface area contributed by atoms with Crippen molar-refractivity contribution in [2.45, 2.75) is 0 Å². The van der Waals surface area contributed by atoms with Crippen LogP contribution in [0.4, 0.5) is 0 Å². The van der Waals surface area contributed by atoms with Crippen LogP contribution >= 0.6 is 23.4 Å². The second-order valence-electron chi connectivity index (χ2n) is 3.78. The number of rotatable bonds is 3. The average Bonchev–Trinajstić information content (AvgIpc) is 2.88. The number of benzene rings is 1. The molecule has 0 bridgehead atoms. The highest BCUT2D eigenvalue weighted by atomic mass is 35.5. The maximum Gasteiger partial charge on any atom is 0.251 e. The maximum atomic E-state index is 11.8. The van der Waals surface area contributed by atoms with Gasteiger partial charge >= 0.3 is 0 Å². The molecule has 0 atom stereocenters. The third-order valence-electron chi connectivity index (χ3n) is 2.33. The van der Waals surface area contributed by atoms with E-state index < -0.39 is 0 Å². The van der Waals surface area contributed by atoms with E-state index in [0.717, 1.165) is 12.3 Å². The van der Waals surface area contributed by atoms with E-state index in [1.165, 1.54) is 11.8 Å². The van der Waals surface area contributed by atoms with Crippen LogP contribution in [0.15, 0.2) is 29.3 Å². The Labute approximate surface area is 119 Å². The van der Waals surface area contributed by atoms with Crippen LogP contribution in [-0.4, -0.2) is 35.8 Å². The van der Waals surface area contributed by atoms with Gasteiger partial charge in [0.15, 0.2) is 5.17 Å². The van der Waals surface area contributed by atoms with Gasteiger partial charge in [0, 0.05) is 16.3 Å². The summed E-state index contributed by atoms with van der Waals surface area (Å²) < 4.78 is 0. The molecule has 1 aliphatic heterocycles. The Morgan fingerprint density at radius 3 is 2.95 bits per heavy atom. The van der Waals surface area contributed by atoms with Gasteiger partial charge in [0.1, 0.15) is 0 Å². The van der Waals surface area contributed by atoms with Crippen molar-refractivity contribution in [1.29, 1.82) is 0 Å². The van der Waals surface area contributed by atoms with Gasteiger partial charge in [-0.2, -0.15) is 0 Å². The smallest absolute Gasteiger partial charge is 0.251 e. The minimum Gasteiger partial charge on any atom is -0.343 e. The van der Waals surface area contributed by atoms with Gasteiger partial charge in [0.25, 0.3) is 5.91 Å². The fourth-order valence-corrected chi connectivity index (χ4v) is 2.40. The number of nitrogens with one attached hydrogen (secondary N) is 2. The van der Waals surface area contributed by atoms with E-state index in [-0.39, 0.29) is 18.4 Å². The van der Waals surface area contributed by atoms with Crippen LogP contribution < -0.4 is 10.6 Å². The highest BCUT2D eigenvalue weighted by molar-refractivity contribution is 8.14. The molecule has 100 valence electrons. The summed E-state index contributed by atoms with van der Waals surface area (Å²) in [5, 5.41) is 6.25. The van der Waals surface area contributed by atoms with Crippen LogP contribution in [-0.2, 0) is 4.79 Å². The predicted molar refractivity (Wildman–Crippen MR) is 76.7 cm³/mol. The van der Waals surface area contributed by atoms with E-state index in [2.05, 4.69) is 15.6 Å². The van der Waals surface area contributed by atoms with Crippen molar-refractivity contribution in [1.82, 2.24) is 10.6 Å². The first-order valence-electron chi connectivity index (χ1n) is 5.66. The van der Waals surface area contributed by atoms with Gasteiger partial charge in [-0.25, -0.2) is 0 Å². The van der Waals surface area contributed by atoms with Crippen molar-refractivity contribution in [2.24, 2.45) is 4.99 Å². The Balaban J connectivity index is 1.81. The summed E-state index contributed by atoms with van der Waals surface area (Å²) in [6.07, 6.45) is 0. The Kier molecular flexibility index (Phi) is 4.81. The van der Waals surface area contributed by atoms with E-state index >= 15 is 0 Å². The summed E-state index contributed by atoms with van der Waals surface area (Å²) >= 11 is 7.28. The number of nitrogens with zero attached hydrogens (tertiary/aromatic N) is 1. The van der Waals surface area contributed by atoms with Crippen molar-refractivity contribution in [3.63, 3.8) is 0 Å². The lowest BCUT2D eigenvalue weighted by molar-refractivity contribution is -0.118. The molecule has 5 nitrogen and oxygen atoms in total. The number of hydrogen-bond donors (Lipinski definition) is 2. The SMILES string of the molecule is O=C(CNC(=O)c1cccc(Cl)c1)NC1=NCCS1. The lowest BCUT2D eigenvalue weighted by Crippen LogP contribution is -2.38. The first-order valence-corrected chi connectivity index (χ1v) is 7.02. The normalized spacial score (nSPS) is 13.8. The van der Waals surface area contributed by atoms with E-state index in [1.807, 2.05) is 0 Å². The van der Waals surface area contributed by atoms with Gasteiger partial charge < -0.3 is 10.6 Å². The lowest BCUT2D eigenvalue weighted by atomic mass is 10.2. The third-order valence-corrected chi connectivity index (χ3v) is 3.45. The van der Waals surface area contributed by atoms with E-state index in [4.69, 9.17) is 11.6 Å². The maximum absolute atomic E-state index is 11.8. The predicted octanol–water partition coefficient (Wildman–Crippen LogP) is 1.29. The Morgan fingerprint density at radius 2 is 2.26 bits per heavy atom. The molecule has 2 N–H and O–H groups in total. The quantitative estimate of drug-likeness (QED) is 0.883. The van der Waals surface area contributed by atoms with Crippen molar-refractivity contribution < 1.29 is 9.59 Å². The average molecular weight is 298 g/mol. The van der Waals surface area contributed by atoms with Gasteiger partial charge in [-0.3, -0.25) is 14.6 Å². The number of amides is 2. The van der Waals surface area contributed by atoms with Crippen LogP contribution in [0, 0.1) is 0 Å². The summed E-state index contributed by atoms with van der Waals surface area (Å²) in [5.41, 5.74) is 0.424. The van der Waals surface area contributed by atoms with Crippen LogP contribution in [0.3, 0.4) is 0 Å². The first kappa shape index (κ1) is 13.9. The number of carbonyl (C=O) groups excluding carboxylic acids is 2. The standard InChI is InChI=1S/C12H12ClN3O2S/c13-9-3-1-2-8(6-9)11(18)15-7-10(17)16-12-14-4-5-19-12/h1-3,6H,4-5,7H2,(H,15,18)(H,14,16,17). The van der Waals surface area contributed by atoms with Crippen molar-refractivity contribution in [3.05, 3.63) is 34.9 Å². The zero-order chi connectivity index (χ0) is 13.7. The van der Waals surface area contributed by atoms with Gasteiger partial charge in [0.05, 0.1) is 13.1 Å². The Hall–Kier alpha value is -1.53. The molecule has 0 saturated heterocycles. The van der Waals surface area contributed by atoms with Crippen molar-refractivity contribution in [3.8, 4) is 0 Å². The topological polar surface area (TPSA) is 70.6 Å². The molecule has 1 aromatic rings. The van der Waals surface area contributed by atoms with Gasteiger partial charge in [-0.1, -0.05) is 29.4 Å². The zero-order valence-corrected chi connectivity index (χ0v) is 11.6. The molecule has 1 heterocycles. The number of halogens is 1. The molecule has 0 aromatic heterocycles. The summed E-state index contributed by atoms with van der Waals surface area (Å²) in [6, 6.07) is 6.55. The van der Waals surface area contributed by atoms with Crippen LogP contribution in [0.5, 0.6) is 0 Å². The fourth-order valence-electron chi connectivity index (χ4n) is 1.47. The van der Waals surface area contributed by atoms with Crippen LogP contribution in [0.2, 0.25) is 5.02 Å². The second kappa shape index (κ2) is 6.58. The molecule has 1 aliphatic rings. The highest BCUT2D eigenvalue weighted by Crippen LogP contribution is 2.10. The molecule has 19 heavy (non-hydrogen) atoms. The molecule has 2 rings (SSSR count). The van der Waals surface area contributed by atoms with Gasteiger partial charge in [-0.05, 0) is 18.2 Å². The minimum absolute atomic E-state index is 0.0923. The number of thioether (sulfide) groups is 1. The number of aliphatic imine (C=N–C) groups is 1. The molecular formula is C12H12ClN3O2S. The van der Waals surface area contributed by atoms with Gasteiger partial charge in [-0.15, -0.1) is 0 Å². The van der Waals surface area contributed by atoms with Crippen LogP contribution in [0.25, 0.3) is 0 Å². The van der Waals surface area contributed by atoms with Crippen LogP contribution in [0.1, 0.15) is 10.4 Å². The molecule has 0 unspecified atom stereocenters. The second-order valence-corrected chi connectivity index (χ2v) is 5.30. The summed E-state index contributed by atoms with van der Waals surface area (Å²) in [5.74, 6) is 0.256. The fraction of sp³-hybridized carbons (Fsp3) is 0.250. The zero-order valence-electron chi connectivity index (χ0n) is 9.98. The molecule has 0 fully saturated rings. The van der Waals surface area contributed by atoms with Gasteiger partial charge in [0.2, 0.25) is 5.91 Å². The highest BCUT2D eigenvalue weighted by Gasteiger charge is 2.12. The number of amidine groups is 1. The molecule has 0 radical (unpaired) electrons. The molecule has 7 heteroatoms. The van der Waals surface area contributed by atoms with E-state index in [1.54, 1.807) is 24.3 Å². The Morgan fingerprint density at radius 1 is 1.42 bits per heavy atom. The number of hydrogen-bond acceptors (Lipinski definition) is 4. The van der Waals surface area contributed by atoms with E-state index in [0.29, 0.717) is 15.8 Å². The monoisotopic (exact) mass is 297 g/mol. The molecule has 0 saturated carbocycles. The van der Waals surface area contributed by atoms with Crippen molar-refractivity contribution in [2.75, 3.05) is 18.8 Å².